The second kappa shape index (κ2) is 5.90. The van der Waals surface area contributed by atoms with Gasteiger partial charge in [0.25, 0.3) is 0 Å². The summed E-state index contributed by atoms with van der Waals surface area (Å²) in [7, 11) is 0. The van der Waals surface area contributed by atoms with Crippen molar-refractivity contribution in [3.05, 3.63) is 0 Å². The van der Waals surface area contributed by atoms with Gasteiger partial charge in [0.05, 0.1) is 0 Å². The molecule has 0 rings (SSSR count). The van der Waals surface area contributed by atoms with Crippen molar-refractivity contribution in [2.45, 2.75) is 25.3 Å². The molecule has 0 aromatic heterocycles. The maximum Gasteiger partial charge on any atom is 0.325 e. The second-order valence-corrected chi connectivity index (χ2v) is 2.46. The highest BCUT2D eigenvalue weighted by atomic mass is 16.8. The minimum Gasteiger partial charge on any atom is -0.480 e. The van der Waals surface area contributed by atoms with E-state index in [-0.39, 0.29) is 11.6 Å². The average Bonchev–Trinajstić information content (AvgIpc) is 1.96. The molecule has 0 spiro atoms. The Morgan fingerprint density at radius 3 is 2.33 bits per heavy atom. The molecule has 72 valence electrons. The molecule has 5 N–H and O–H groups in total. The summed E-state index contributed by atoms with van der Waals surface area (Å²) in [6.45, 7) is 0.475. The van der Waals surface area contributed by atoms with Gasteiger partial charge in [0.1, 0.15) is 0 Å². The molecule has 0 radical (unpaired) electrons. The highest BCUT2D eigenvalue weighted by molar-refractivity contribution is 5.72. The predicted octanol–water partition coefficient (Wildman–Crippen LogP) is -0.351. The molecular weight excluding hydrogens is 164 g/mol. The molecule has 0 aliphatic heterocycles. The zero-order valence-corrected chi connectivity index (χ0v) is 6.68. The summed E-state index contributed by atoms with van der Waals surface area (Å²) in [5, 5.41) is 25.1. The van der Waals surface area contributed by atoms with E-state index < -0.39 is 12.0 Å². The summed E-state index contributed by atoms with van der Waals surface area (Å²) in [6.07, 6.45) is 1.42. The molecule has 6 heteroatoms. The van der Waals surface area contributed by atoms with Gasteiger partial charge in [0, 0.05) is 0 Å². The summed E-state index contributed by atoms with van der Waals surface area (Å²) in [5.41, 5.74) is 5.18. The topological polar surface area (TPSA) is 107 Å². The van der Waals surface area contributed by atoms with Gasteiger partial charge in [-0.05, 0) is 25.8 Å². The predicted molar refractivity (Wildman–Crippen MR) is 39.7 cm³/mol. The van der Waals surface area contributed by atoms with Gasteiger partial charge in [-0.1, -0.05) is 5.23 Å². The van der Waals surface area contributed by atoms with Gasteiger partial charge in [-0.3, -0.25) is 15.2 Å². The molecule has 0 aromatic rings. The lowest BCUT2D eigenvalue weighted by molar-refractivity contribution is -0.328. The lowest BCUT2D eigenvalue weighted by atomic mass is 10.1. The molecule has 0 aliphatic carbocycles. The van der Waals surface area contributed by atoms with Crippen LogP contribution in [-0.4, -0.2) is 39.3 Å². The Kier molecular flexibility index (Phi) is 5.56. The van der Waals surface area contributed by atoms with Crippen LogP contribution in [0.25, 0.3) is 0 Å². The number of carboxylic acids is 1. The van der Waals surface area contributed by atoms with Crippen LogP contribution >= 0.6 is 0 Å². The number of rotatable bonds is 6. The van der Waals surface area contributed by atoms with E-state index in [2.05, 4.69) is 0 Å². The second-order valence-electron chi connectivity index (χ2n) is 2.46. The van der Waals surface area contributed by atoms with Gasteiger partial charge in [-0.15, -0.1) is 0 Å². The largest absolute Gasteiger partial charge is 0.480 e. The van der Waals surface area contributed by atoms with E-state index in [4.69, 9.17) is 21.3 Å². The smallest absolute Gasteiger partial charge is 0.325 e. The molecule has 0 fully saturated rings. The molecule has 0 saturated carbocycles. The van der Waals surface area contributed by atoms with E-state index in [1.54, 1.807) is 0 Å². The third-order valence-electron chi connectivity index (χ3n) is 1.50. The number of hydrogen-bond donors (Lipinski definition) is 4. The third-order valence-corrected chi connectivity index (χ3v) is 1.50. The monoisotopic (exact) mass is 178 g/mol. The summed E-state index contributed by atoms with van der Waals surface area (Å²) >= 11 is 0. The molecule has 0 aromatic carbocycles. The fourth-order valence-corrected chi connectivity index (χ4v) is 0.820. The van der Waals surface area contributed by atoms with Gasteiger partial charge in [0.2, 0.25) is 0 Å². The fraction of sp³-hybridized carbons (Fsp3) is 0.833. The Balaban J connectivity index is 3.72. The van der Waals surface area contributed by atoms with E-state index in [9.17, 15) is 4.79 Å². The zero-order valence-electron chi connectivity index (χ0n) is 6.68. The lowest BCUT2D eigenvalue weighted by Crippen LogP contribution is -2.36. The first-order chi connectivity index (χ1) is 5.59. The van der Waals surface area contributed by atoms with Gasteiger partial charge >= 0.3 is 5.97 Å². The zero-order chi connectivity index (χ0) is 9.56. The summed E-state index contributed by atoms with van der Waals surface area (Å²) in [4.78, 5) is 10.3. The van der Waals surface area contributed by atoms with Crippen LogP contribution in [0.1, 0.15) is 19.3 Å². The Morgan fingerprint density at radius 2 is 2.00 bits per heavy atom. The molecule has 12 heavy (non-hydrogen) atoms. The van der Waals surface area contributed by atoms with Crippen LogP contribution in [0.3, 0.4) is 0 Å². The Morgan fingerprint density at radius 1 is 1.42 bits per heavy atom. The van der Waals surface area contributed by atoms with E-state index in [0.29, 0.717) is 19.4 Å². The van der Waals surface area contributed by atoms with E-state index in [1.165, 1.54) is 0 Å². The number of nitrogens with zero attached hydrogens (tertiary/aromatic N) is 1. The minimum atomic E-state index is -1.25. The summed E-state index contributed by atoms with van der Waals surface area (Å²) in [6, 6.07) is -1.25. The third kappa shape index (κ3) is 4.24. The normalized spacial score (nSPS) is 13.3. The van der Waals surface area contributed by atoms with Gasteiger partial charge < -0.3 is 10.8 Å². The number of hydroxylamine groups is 2. The molecule has 0 aliphatic rings. The van der Waals surface area contributed by atoms with E-state index in [0.717, 1.165) is 0 Å². The van der Waals surface area contributed by atoms with Crippen molar-refractivity contribution < 1.29 is 20.3 Å². The first kappa shape index (κ1) is 11.3. The lowest BCUT2D eigenvalue weighted by Gasteiger charge is -2.15. The molecule has 0 bridgehead atoms. The van der Waals surface area contributed by atoms with Crippen molar-refractivity contribution in [2.24, 2.45) is 5.73 Å². The summed E-state index contributed by atoms with van der Waals surface area (Å²) < 4.78 is 0. The molecular formula is C6H14N2O4. The fourth-order valence-electron chi connectivity index (χ4n) is 0.820. The number of unbranched alkanes of at least 4 members (excludes halogenated alkanes) is 1. The van der Waals surface area contributed by atoms with Gasteiger partial charge in [-0.25, -0.2) is 0 Å². The van der Waals surface area contributed by atoms with Crippen molar-refractivity contribution in [3.8, 4) is 0 Å². The summed E-state index contributed by atoms with van der Waals surface area (Å²) in [5.74, 6) is -1.25. The molecule has 6 nitrogen and oxygen atoms in total. The first-order valence-electron chi connectivity index (χ1n) is 3.69. The molecule has 0 saturated heterocycles. The van der Waals surface area contributed by atoms with Crippen molar-refractivity contribution in [3.63, 3.8) is 0 Å². The van der Waals surface area contributed by atoms with Crippen LogP contribution in [0.4, 0.5) is 0 Å². The van der Waals surface area contributed by atoms with Crippen molar-refractivity contribution in [1.82, 2.24) is 5.23 Å². The number of carbonyl (C=O) groups is 1. The van der Waals surface area contributed by atoms with Crippen LogP contribution in [0, 0.1) is 0 Å². The van der Waals surface area contributed by atoms with Crippen molar-refractivity contribution in [2.75, 3.05) is 6.54 Å². The van der Waals surface area contributed by atoms with Crippen molar-refractivity contribution >= 4 is 5.97 Å². The maximum absolute atomic E-state index is 10.3. The van der Waals surface area contributed by atoms with Crippen LogP contribution in [0.15, 0.2) is 0 Å². The van der Waals surface area contributed by atoms with E-state index >= 15 is 0 Å². The number of hydrogen-bond acceptors (Lipinski definition) is 5. The molecule has 1 unspecified atom stereocenters. The van der Waals surface area contributed by atoms with Gasteiger partial charge in [-0.2, -0.15) is 0 Å². The van der Waals surface area contributed by atoms with E-state index in [1.807, 2.05) is 0 Å². The van der Waals surface area contributed by atoms with Crippen LogP contribution < -0.4 is 5.73 Å². The first-order valence-corrected chi connectivity index (χ1v) is 3.69. The van der Waals surface area contributed by atoms with Crippen LogP contribution in [0.2, 0.25) is 0 Å². The van der Waals surface area contributed by atoms with Crippen LogP contribution in [0.5, 0.6) is 0 Å². The quantitative estimate of drug-likeness (QED) is 0.327. The molecule has 1 atom stereocenters. The van der Waals surface area contributed by atoms with Gasteiger partial charge in [0.15, 0.2) is 6.04 Å². The number of carboxylic acid groups (broad SMARTS) is 1. The highest BCUT2D eigenvalue weighted by Gasteiger charge is 2.22. The minimum absolute atomic E-state index is 0.180. The Bertz CT molecular complexity index is 140. The Hall–Kier alpha value is -0.690. The number of aliphatic carboxylic acids is 1. The maximum atomic E-state index is 10.3. The molecule has 0 amide bonds. The number of nitrogens with two attached hydrogens (primary N) is 1. The SMILES string of the molecule is NCCCCC(C(=O)O)N(O)O. The average molecular weight is 178 g/mol. The highest BCUT2D eigenvalue weighted by Crippen LogP contribution is 2.04. The standard InChI is InChI=1S/C6H14N2O4/c7-4-2-1-3-5(6(9)10)8(11)12/h5,11-12H,1-4,7H2,(H,9,10). The molecule has 0 heterocycles. The van der Waals surface area contributed by atoms with Crippen molar-refractivity contribution in [1.29, 1.82) is 0 Å². The Labute approximate surface area is 70.1 Å². The van der Waals surface area contributed by atoms with Crippen LogP contribution in [-0.2, 0) is 4.79 Å².